The first kappa shape index (κ1) is 17.9. The first-order chi connectivity index (χ1) is 11.6. The molecule has 0 fully saturated rings. The van der Waals surface area contributed by atoms with Crippen molar-refractivity contribution < 1.29 is 28.9 Å². The maximum atomic E-state index is 11.8. The van der Waals surface area contributed by atoms with E-state index in [0.717, 1.165) is 6.42 Å². The summed E-state index contributed by atoms with van der Waals surface area (Å²) in [5.74, 6) is 0.791. The average molecular weight is 338 g/mol. The zero-order valence-electron chi connectivity index (χ0n) is 13.6. The summed E-state index contributed by atoms with van der Waals surface area (Å²) in [6.07, 6.45) is 0.786. The van der Waals surface area contributed by atoms with Crippen molar-refractivity contribution >= 4 is 11.9 Å². The highest BCUT2D eigenvalue weighted by molar-refractivity contribution is 5.79. The van der Waals surface area contributed by atoms with Crippen molar-refractivity contribution in [2.45, 2.75) is 13.3 Å². The summed E-state index contributed by atoms with van der Waals surface area (Å²) < 4.78 is 16.0. The van der Waals surface area contributed by atoms with E-state index in [0.29, 0.717) is 36.9 Å². The van der Waals surface area contributed by atoms with Gasteiger partial charge in [0.15, 0.2) is 11.5 Å². The Balaban J connectivity index is 1.67. The summed E-state index contributed by atoms with van der Waals surface area (Å²) in [7, 11) is 0. The third-order valence-corrected chi connectivity index (χ3v) is 3.30. The Hall–Kier alpha value is -2.48. The predicted molar refractivity (Wildman–Crippen MR) is 85.4 cm³/mol. The Kier molecular flexibility index (Phi) is 6.68. The fourth-order valence-electron chi connectivity index (χ4n) is 2.31. The van der Waals surface area contributed by atoms with Crippen LogP contribution in [0.2, 0.25) is 0 Å². The standard InChI is InChI=1S/C16H22N2O6/c1-2-6-18(10-16(20)21)9-15(19)17-5-7-22-12-3-4-13-14(8-12)24-11-23-13/h3-4,8H,2,5-7,9-11H2,1H3,(H,17,19)(H,20,21). The predicted octanol–water partition coefficient (Wildman–Crippen LogP) is 0.707. The van der Waals surface area contributed by atoms with Gasteiger partial charge in [-0.2, -0.15) is 0 Å². The summed E-state index contributed by atoms with van der Waals surface area (Å²) in [6, 6.07) is 5.27. The molecule has 0 saturated carbocycles. The normalized spacial score (nSPS) is 12.2. The molecule has 1 heterocycles. The number of aliphatic carboxylic acids is 1. The van der Waals surface area contributed by atoms with Crippen molar-refractivity contribution in [3.8, 4) is 17.2 Å². The van der Waals surface area contributed by atoms with Gasteiger partial charge in [-0.3, -0.25) is 14.5 Å². The fourth-order valence-corrected chi connectivity index (χ4v) is 2.31. The molecule has 2 rings (SSSR count). The third kappa shape index (κ3) is 5.62. The van der Waals surface area contributed by atoms with Gasteiger partial charge in [-0.1, -0.05) is 6.92 Å². The molecule has 2 N–H and O–H groups in total. The summed E-state index contributed by atoms with van der Waals surface area (Å²) in [4.78, 5) is 24.2. The molecule has 0 spiro atoms. The molecule has 132 valence electrons. The fraction of sp³-hybridized carbons (Fsp3) is 0.500. The van der Waals surface area contributed by atoms with Gasteiger partial charge in [0.2, 0.25) is 12.7 Å². The van der Waals surface area contributed by atoms with Crippen LogP contribution in [0.3, 0.4) is 0 Å². The molecule has 24 heavy (non-hydrogen) atoms. The van der Waals surface area contributed by atoms with Crippen molar-refractivity contribution in [3.05, 3.63) is 18.2 Å². The van der Waals surface area contributed by atoms with E-state index < -0.39 is 5.97 Å². The highest BCUT2D eigenvalue weighted by Gasteiger charge is 2.14. The molecule has 8 heteroatoms. The second kappa shape index (κ2) is 8.97. The third-order valence-electron chi connectivity index (χ3n) is 3.30. The van der Waals surface area contributed by atoms with E-state index in [9.17, 15) is 9.59 Å². The molecule has 1 aliphatic heterocycles. The maximum absolute atomic E-state index is 11.8. The number of fused-ring (bicyclic) bond motifs is 1. The molecule has 0 saturated heterocycles. The number of hydrogen-bond acceptors (Lipinski definition) is 6. The summed E-state index contributed by atoms with van der Waals surface area (Å²) in [5.41, 5.74) is 0. The van der Waals surface area contributed by atoms with E-state index in [1.54, 1.807) is 23.1 Å². The van der Waals surface area contributed by atoms with Crippen LogP contribution < -0.4 is 19.5 Å². The Bertz CT molecular complexity index is 578. The number of carboxylic acids is 1. The van der Waals surface area contributed by atoms with Crippen molar-refractivity contribution in [1.82, 2.24) is 10.2 Å². The molecule has 1 aliphatic rings. The average Bonchev–Trinajstić information content (AvgIpc) is 2.99. The number of nitrogens with one attached hydrogen (secondary N) is 1. The topological polar surface area (TPSA) is 97.3 Å². The number of nitrogens with zero attached hydrogens (tertiary/aromatic N) is 1. The van der Waals surface area contributed by atoms with Crippen LogP contribution in [-0.2, 0) is 9.59 Å². The van der Waals surface area contributed by atoms with Gasteiger partial charge in [0.25, 0.3) is 0 Å². The number of benzene rings is 1. The Morgan fingerprint density at radius 1 is 1.29 bits per heavy atom. The van der Waals surface area contributed by atoms with Crippen LogP contribution in [-0.4, -0.2) is 61.5 Å². The monoisotopic (exact) mass is 338 g/mol. The molecule has 0 aromatic heterocycles. The van der Waals surface area contributed by atoms with Gasteiger partial charge < -0.3 is 24.6 Å². The molecule has 1 aromatic carbocycles. The zero-order chi connectivity index (χ0) is 17.4. The quantitative estimate of drug-likeness (QED) is 0.606. The number of carboxylic acid groups (broad SMARTS) is 1. The molecule has 0 aliphatic carbocycles. The van der Waals surface area contributed by atoms with Crippen LogP contribution in [0, 0.1) is 0 Å². The lowest BCUT2D eigenvalue weighted by atomic mass is 10.3. The van der Waals surface area contributed by atoms with Crippen LogP contribution in [0.15, 0.2) is 18.2 Å². The van der Waals surface area contributed by atoms with Gasteiger partial charge in [0.05, 0.1) is 19.6 Å². The van der Waals surface area contributed by atoms with Gasteiger partial charge in [0.1, 0.15) is 12.4 Å². The molecule has 0 atom stereocenters. The molecule has 1 amide bonds. The number of carbonyl (C=O) groups is 2. The first-order valence-electron chi connectivity index (χ1n) is 7.81. The van der Waals surface area contributed by atoms with Gasteiger partial charge >= 0.3 is 5.97 Å². The summed E-state index contributed by atoms with van der Waals surface area (Å²) in [6.45, 7) is 3.26. The number of hydrogen-bond donors (Lipinski definition) is 2. The van der Waals surface area contributed by atoms with E-state index in [4.69, 9.17) is 19.3 Å². The van der Waals surface area contributed by atoms with Gasteiger partial charge in [-0.25, -0.2) is 0 Å². The molecule has 0 unspecified atom stereocenters. The minimum atomic E-state index is -0.942. The number of carbonyl (C=O) groups excluding carboxylic acids is 1. The number of rotatable bonds is 10. The van der Waals surface area contributed by atoms with Crippen molar-refractivity contribution in [2.75, 3.05) is 39.6 Å². The minimum Gasteiger partial charge on any atom is -0.492 e. The number of ether oxygens (including phenoxy) is 3. The smallest absolute Gasteiger partial charge is 0.317 e. The van der Waals surface area contributed by atoms with Gasteiger partial charge in [-0.15, -0.1) is 0 Å². The lowest BCUT2D eigenvalue weighted by Gasteiger charge is -2.18. The van der Waals surface area contributed by atoms with Crippen molar-refractivity contribution in [3.63, 3.8) is 0 Å². The molecule has 0 radical (unpaired) electrons. The van der Waals surface area contributed by atoms with Crippen LogP contribution >= 0.6 is 0 Å². The van der Waals surface area contributed by atoms with E-state index in [1.807, 2.05) is 6.92 Å². The molecular formula is C16H22N2O6. The van der Waals surface area contributed by atoms with Crippen LogP contribution in [0.25, 0.3) is 0 Å². The van der Waals surface area contributed by atoms with E-state index in [2.05, 4.69) is 5.32 Å². The number of amides is 1. The van der Waals surface area contributed by atoms with Crippen molar-refractivity contribution in [1.29, 1.82) is 0 Å². The van der Waals surface area contributed by atoms with Gasteiger partial charge in [-0.05, 0) is 25.1 Å². The largest absolute Gasteiger partial charge is 0.492 e. The Morgan fingerprint density at radius 2 is 2.08 bits per heavy atom. The summed E-state index contributed by atoms with van der Waals surface area (Å²) in [5, 5.41) is 11.5. The van der Waals surface area contributed by atoms with Crippen LogP contribution in [0.1, 0.15) is 13.3 Å². The Labute approximate surface area is 140 Å². The van der Waals surface area contributed by atoms with Crippen LogP contribution in [0.5, 0.6) is 17.2 Å². The molecular weight excluding hydrogens is 316 g/mol. The SMILES string of the molecule is CCCN(CC(=O)O)CC(=O)NCCOc1ccc2c(c1)OCO2. The lowest BCUT2D eigenvalue weighted by Crippen LogP contribution is -2.41. The molecule has 1 aromatic rings. The highest BCUT2D eigenvalue weighted by atomic mass is 16.7. The molecule has 0 bridgehead atoms. The minimum absolute atomic E-state index is 0.0597. The zero-order valence-corrected chi connectivity index (χ0v) is 13.6. The highest BCUT2D eigenvalue weighted by Crippen LogP contribution is 2.34. The second-order valence-corrected chi connectivity index (χ2v) is 5.32. The second-order valence-electron chi connectivity index (χ2n) is 5.32. The van der Waals surface area contributed by atoms with Crippen LogP contribution in [0.4, 0.5) is 0 Å². The maximum Gasteiger partial charge on any atom is 0.317 e. The van der Waals surface area contributed by atoms with E-state index in [1.165, 1.54) is 0 Å². The Morgan fingerprint density at radius 3 is 2.83 bits per heavy atom. The van der Waals surface area contributed by atoms with Crippen molar-refractivity contribution in [2.24, 2.45) is 0 Å². The summed E-state index contributed by atoms with van der Waals surface area (Å²) >= 11 is 0. The van der Waals surface area contributed by atoms with E-state index >= 15 is 0 Å². The van der Waals surface area contributed by atoms with E-state index in [-0.39, 0.29) is 25.8 Å². The first-order valence-corrected chi connectivity index (χ1v) is 7.81. The molecule has 8 nitrogen and oxygen atoms in total. The lowest BCUT2D eigenvalue weighted by molar-refractivity contribution is -0.138. The van der Waals surface area contributed by atoms with Gasteiger partial charge in [0, 0.05) is 6.07 Å².